The molecule has 5 unspecified atom stereocenters. The number of aromatic amines is 2. The van der Waals surface area contributed by atoms with Gasteiger partial charge in [-0.05, 0) is 110 Å². The zero-order valence-corrected chi connectivity index (χ0v) is 44.2. The molecule has 0 radical (unpaired) electrons. The minimum Gasteiger partial charge on any atom is -0.338 e. The maximum Gasteiger partial charge on any atom is 0.321 e. The van der Waals surface area contributed by atoms with Crippen molar-refractivity contribution in [3.8, 4) is 0 Å². The first kappa shape index (κ1) is 54.9. The van der Waals surface area contributed by atoms with Gasteiger partial charge in [-0.3, -0.25) is 29.8 Å². The number of sulfonamides is 2. The average Bonchev–Trinajstić information content (AvgIpc) is 3.83. The number of aryl methyl sites for hydroxylation is 2. The second kappa shape index (κ2) is 22.3. The third-order valence-corrected chi connectivity index (χ3v) is 18.9. The van der Waals surface area contributed by atoms with Gasteiger partial charge in [0.25, 0.3) is 11.1 Å². The number of ketones is 2. The summed E-state index contributed by atoms with van der Waals surface area (Å²) in [6.45, 7) is 12.5. The van der Waals surface area contributed by atoms with Gasteiger partial charge < -0.3 is 20.6 Å². The lowest BCUT2D eigenvalue weighted by Crippen LogP contribution is -2.45. The van der Waals surface area contributed by atoms with E-state index in [0.717, 1.165) is 36.8 Å². The van der Waals surface area contributed by atoms with Crippen LogP contribution in [0.5, 0.6) is 0 Å². The number of benzene rings is 1. The third kappa shape index (κ3) is 12.6. The van der Waals surface area contributed by atoms with Crippen LogP contribution in [0.1, 0.15) is 121 Å². The lowest BCUT2D eigenvalue weighted by Gasteiger charge is -2.35. The Labute approximate surface area is 426 Å². The van der Waals surface area contributed by atoms with Crippen LogP contribution < -0.4 is 41.8 Å². The van der Waals surface area contributed by atoms with E-state index in [0.29, 0.717) is 80.6 Å². The van der Waals surface area contributed by atoms with Crippen molar-refractivity contribution in [3.63, 3.8) is 0 Å². The quantitative estimate of drug-likeness (QED) is 0.0434. The van der Waals surface area contributed by atoms with E-state index in [1.807, 2.05) is 64.1 Å². The number of H-pyrrole nitrogens is 2. The van der Waals surface area contributed by atoms with Crippen molar-refractivity contribution in [2.75, 3.05) is 42.6 Å². The summed E-state index contributed by atoms with van der Waals surface area (Å²) in [6.07, 6.45) is 10.8. The SMILES string of the molecule is Cc1cc(=O)nc(NC(=O)NCCCCCCNS(=O)(=O)CC23CCC(/C(=C\c4ccc(/C=C5/C(=O)C6C(S(=O)(=O)NCCCCCCNC(=O)Nc7nc(=O)cc(C)[nH]7)CC5C6(C)C)cc4)C2=O)C3(C)C)[nH]1. The summed E-state index contributed by atoms with van der Waals surface area (Å²) >= 11 is 0. The molecule has 22 heteroatoms. The second-order valence-corrected chi connectivity index (χ2v) is 25.1. The first-order valence-electron chi connectivity index (χ1n) is 25.3. The molecule has 4 aliphatic rings. The van der Waals surface area contributed by atoms with Gasteiger partial charge in [-0.25, -0.2) is 35.9 Å². The molecule has 1 aromatic carbocycles. The van der Waals surface area contributed by atoms with Crippen molar-refractivity contribution in [1.29, 1.82) is 0 Å². The molecule has 5 atom stereocenters. The van der Waals surface area contributed by atoms with Crippen LogP contribution in [0.15, 0.2) is 57.1 Å². The largest absolute Gasteiger partial charge is 0.338 e. The number of carbonyl (C=O) groups is 4. The molecule has 0 saturated heterocycles. The van der Waals surface area contributed by atoms with Crippen molar-refractivity contribution in [2.24, 2.45) is 34.0 Å². The molecule has 396 valence electrons. The third-order valence-electron chi connectivity index (χ3n) is 15.6. The standard InChI is InChI=1S/C51H70N10O10S2/c1-31-25-40(62)58-45(56-31)60-47(66)52-21-11-7-9-13-23-54-72(68,69)30-51-20-19-37(50(51,5)6)36(44(51)65)28-34-17-15-33(16-18-34)27-35-38-29-39(42(43(35)64)49(38,3)4)73(70,71)55-24-14-10-8-12-22-53-48(67)61-46-57-32(2)26-41(63)59-46/h15-18,25-28,37-39,42,54-55H,7-14,19-24,29-30H2,1-6H3,(H3,52,56,58,60,62,66)(H3,53,57,59,61,63,67)/b35-27+,36-28+. The lowest BCUT2D eigenvalue weighted by atomic mass is 9.70. The zero-order valence-electron chi connectivity index (χ0n) is 42.5. The van der Waals surface area contributed by atoms with Crippen LogP contribution in [-0.4, -0.2) is 97.6 Å². The molecule has 4 amide bonds. The van der Waals surface area contributed by atoms with Crippen LogP contribution in [0.4, 0.5) is 21.5 Å². The van der Waals surface area contributed by atoms with Crippen LogP contribution in [-0.2, 0) is 29.6 Å². The molecule has 3 aromatic rings. The number of carbonyl (C=O) groups excluding carboxylic acids is 4. The monoisotopic (exact) mass is 1050 g/mol. The number of hydrogen-bond donors (Lipinski definition) is 8. The number of Topliss-reactive ketones (excluding diaryl/α,β-unsaturated/α-hetero) is 2. The molecular weight excluding hydrogens is 977 g/mol. The van der Waals surface area contributed by atoms with Gasteiger partial charge >= 0.3 is 12.1 Å². The normalized spacial score (nSPS) is 23.9. The van der Waals surface area contributed by atoms with Gasteiger partial charge in [-0.1, -0.05) is 77.6 Å². The van der Waals surface area contributed by atoms with Crippen LogP contribution >= 0.6 is 0 Å². The molecule has 20 nitrogen and oxygen atoms in total. The summed E-state index contributed by atoms with van der Waals surface area (Å²) < 4.78 is 59.8. The molecule has 0 spiro atoms. The summed E-state index contributed by atoms with van der Waals surface area (Å²) in [6, 6.07) is 9.19. The van der Waals surface area contributed by atoms with Gasteiger partial charge in [0.15, 0.2) is 11.6 Å². The Hall–Kier alpha value is -5.84. The Bertz CT molecular complexity index is 3000. The highest BCUT2D eigenvalue weighted by molar-refractivity contribution is 7.90. The van der Waals surface area contributed by atoms with Crippen molar-refractivity contribution in [1.82, 2.24) is 40.0 Å². The van der Waals surface area contributed by atoms with Crippen molar-refractivity contribution in [2.45, 2.75) is 117 Å². The predicted octanol–water partition coefficient (Wildman–Crippen LogP) is 5.46. The van der Waals surface area contributed by atoms with E-state index in [4.69, 9.17) is 0 Å². The highest BCUT2D eigenvalue weighted by Crippen LogP contribution is 2.66. The van der Waals surface area contributed by atoms with E-state index in [1.54, 1.807) is 13.8 Å². The Balaban J connectivity index is 0.848. The number of hydrogen-bond acceptors (Lipinski definition) is 12. The van der Waals surface area contributed by atoms with Crippen molar-refractivity contribution < 1.29 is 36.0 Å². The molecule has 4 fully saturated rings. The maximum absolute atomic E-state index is 14.3. The summed E-state index contributed by atoms with van der Waals surface area (Å²) in [5.41, 5.74) is 0.839. The molecular formula is C51H70N10O10S2. The molecule has 2 aromatic heterocycles. The second-order valence-electron chi connectivity index (χ2n) is 21.3. The number of nitrogens with one attached hydrogen (secondary N) is 8. The summed E-state index contributed by atoms with van der Waals surface area (Å²) in [4.78, 5) is 88.7. The molecule has 2 heterocycles. The van der Waals surface area contributed by atoms with Gasteiger partial charge in [0, 0.05) is 61.2 Å². The molecule has 8 N–H and O–H groups in total. The predicted molar refractivity (Wildman–Crippen MR) is 279 cm³/mol. The number of anilines is 2. The molecule has 4 saturated carbocycles. The smallest absolute Gasteiger partial charge is 0.321 e. The van der Waals surface area contributed by atoms with E-state index in [2.05, 4.69) is 50.6 Å². The van der Waals surface area contributed by atoms with E-state index < -0.39 is 70.6 Å². The number of amides is 4. The van der Waals surface area contributed by atoms with Gasteiger partial charge in [0.2, 0.25) is 31.9 Å². The van der Waals surface area contributed by atoms with Crippen LogP contribution in [0.25, 0.3) is 12.2 Å². The minimum atomic E-state index is -3.80. The van der Waals surface area contributed by atoms with E-state index >= 15 is 0 Å². The fraction of sp³-hybridized carbons (Fsp3) is 0.569. The van der Waals surface area contributed by atoms with Gasteiger partial charge in [0.1, 0.15) is 0 Å². The first-order valence-corrected chi connectivity index (χ1v) is 28.5. The van der Waals surface area contributed by atoms with Crippen LogP contribution in [0.3, 0.4) is 0 Å². The minimum absolute atomic E-state index is 0.0616. The molecule has 73 heavy (non-hydrogen) atoms. The Kier molecular flexibility index (Phi) is 16.8. The van der Waals surface area contributed by atoms with Gasteiger partial charge in [0.05, 0.1) is 16.4 Å². The topological polar surface area (TPSA) is 300 Å². The number of urea groups is 2. The highest BCUT2D eigenvalue weighted by atomic mass is 32.2. The number of rotatable bonds is 23. The molecule has 4 aliphatic carbocycles. The van der Waals surface area contributed by atoms with E-state index in [9.17, 15) is 45.6 Å². The molecule has 4 bridgehead atoms. The van der Waals surface area contributed by atoms with E-state index in [1.165, 1.54) is 12.1 Å². The first-order chi connectivity index (χ1) is 34.4. The number of fused-ring (bicyclic) bond motifs is 4. The van der Waals surface area contributed by atoms with Gasteiger partial charge in [-0.15, -0.1) is 0 Å². The van der Waals surface area contributed by atoms with Crippen molar-refractivity contribution in [3.05, 3.63) is 90.8 Å². The fourth-order valence-corrected chi connectivity index (χ4v) is 15.5. The zero-order chi connectivity index (χ0) is 52.9. The van der Waals surface area contributed by atoms with Crippen LogP contribution in [0.2, 0.25) is 0 Å². The highest BCUT2D eigenvalue weighted by Gasteiger charge is 2.68. The maximum atomic E-state index is 14.3. The van der Waals surface area contributed by atoms with Crippen molar-refractivity contribution >= 4 is 67.7 Å². The molecule has 0 aliphatic heterocycles. The lowest BCUT2D eigenvalue weighted by molar-refractivity contribution is -0.125. The van der Waals surface area contributed by atoms with Gasteiger partial charge in [-0.2, -0.15) is 9.97 Å². The average molecular weight is 1050 g/mol. The Morgan fingerprint density at radius 1 is 0.671 bits per heavy atom. The number of nitrogens with zero attached hydrogens (tertiary/aromatic N) is 2. The number of unbranched alkanes of at least 4 members (excludes halogenated alkanes) is 6. The Morgan fingerprint density at radius 2 is 1.15 bits per heavy atom. The number of aromatic nitrogens is 4. The number of allylic oxidation sites excluding steroid dienone is 2. The van der Waals surface area contributed by atoms with E-state index in [-0.39, 0.29) is 54.1 Å². The molecule has 7 rings (SSSR count). The van der Waals surface area contributed by atoms with Crippen LogP contribution in [0, 0.1) is 47.8 Å². The summed E-state index contributed by atoms with van der Waals surface area (Å²) in [5.74, 6) is -1.50. The Morgan fingerprint density at radius 3 is 1.64 bits per heavy atom. The summed E-state index contributed by atoms with van der Waals surface area (Å²) in [7, 11) is -7.59. The summed E-state index contributed by atoms with van der Waals surface area (Å²) in [5, 5.41) is 9.58. The fourth-order valence-electron chi connectivity index (χ4n) is 11.7.